The molecule has 0 aromatic carbocycles. The molecule has 0 bridgehead atoms. The lowest BCUT2D eigenvalue weighted by Crippen LogP contribution is -2.44. The molecule has 0 fully saturated rings. The minimum Gasteiger partial charge on any atom is -0.545 e. The van der Waals surface area contributed by atoms with E-state index in [4.69, 9.17) is 18.9 Å². The van der Waals surface area contributed by atoms with Gasteiger partial charge in [-0.15, -0.1) is 0 Å². The van der Waals surface area contributed by atoms with Gasteiger partial charge in [0.1, 0.15) is 13.2 Å². The molecule has 0 aliphatic heterocycles. The second-order valence-electron chi connectivity index (χ2n) is 18.1. The standard InChI is InChI=1S/C54H95NO8/c1-6-8-10-12-14-16-18-20-21-22-23-24-25-26-27-28-29-30-31-33-34-36-38-40-42-44-51(56)61-48-50(49-62-54(53(58)59)60-47-46-55(3,4)5)63-52(57)45-43-41-39-37-35-32-19-17-15-13-11-9-7-2/h9,11,15,17-18,20,22-23,32,35,50,54H,6-8,10,12-14,16,19,21,24-31,33-34,36-49H2,1-5H3/b11-9-,17-15-,20-18-,23-22-,35-32-. The quantitative estimate of drug-likeness (QED) is 0.0195. The summed E-state index contributed by atoms with van der Waals surface area (Å²) >= 11 is 0. The van der Waals surface area contributed by atoms with Crippen LogP contribution in [-0.2, 0) is 33.3 Å². The summed E-state index contributed by atoms with van der Waals surface area (Å²) in [5, 5.41) is 11.7. The monoisotopic (exact) mass is 886 g/mol. The molecule has 0 aliphatic carbocycles. The Morgan fingerprint density at radius 3 is 1.37 bits per heavy atom. The van der Waals surface area contributed by atoms with Crippen molar-refractivity contribution in [3.8, 4) is 0 Å². The number of carboxylic acid groups (broad SMARTS) is 1. The molecule has 0 heterocycles. The number of carbonyl (C=O) groups excluding carboxylic acids is 3. The number of hydrogen-bond donors (Lipinski definition) is 0. The first-order valence-corrected chi connectivity index (χ1v) is 25.4. The smallest absolute Gasteiger partial charge is 0.306 e. The molecule has 0 spiro atoms. The predicted molar refractivity (Wildman–Crippen MR) is 260 cm³/mol. The Hall–Kier alpha value is -3.01. The zero-order valence-electron chi connectivity index (χ0n) is 41.2. The minimum absolute atomic E-state index is 0.140. The Kier molecular flexibility index (Phi) is 43.4. The molecule has 2 unspecified atom stereocenters. The number of rotatable bonds is 46. The maximum Gasteiger partial charge on any atom is 0.306 e. The highest BCUT2D eigenvalue weighted by Crippen LogP contribution is 2.15. The van der Waals surface area contributed by atoms with Gasteiger partial charge in [0.05, 0.1) is 40.3 Å². The van der Waals surface area contributed by atoms with E-state index in [-0.39, 0.29) is 38.6 Å². The van der Waals surface area contributed by atoms with Crippen molar-refractivity contribution in [1.29, 1.82) is 0 Å². The van der Waals surface area contributed by atoms with Gasteiger partial charge in [-0.05, 0) is 77.0 Å². The highest BCUT2D eigenvalue weighted by atomic mass is 16.7. The fourth-order valence-electron chi connectivity index (χ4n) is 6.81. The van der Waals surface area contributed by atoms with Crippen molar-refractivity contribution in [2.24, 2.45) is 0 Å². The SMILES string of the molecule is CC/C=C\C/C=C\C/C=C\CCCCCC(=O)OC(COC(=O)CCCCCCCCCCCCCCC/C=C\C/C=C\CCCCCCC)COC(OCC[N+](C)(C)C)C(=O)[O-]. The van der Waals surface area contributed by atoms with Crippen molar-refractivity contribution in [2.75, 3.05) is 47.5 Å². The van der Waals surface area contributed by atoms with Gasteiger partial charge in [0.2, 0.25) is 0 Å². The number of ether oxygens (including phenoxy) is 4. The second kappa shape index (κ2) is 45.6. The molecular formula is C54H95NO8. The molecule has 0 aromatic rings. The highest BCUT2D eigenvalue weighted by molar-refractivity contribution is 5.70. The van der Waals surface area contributed by atoms with Gasteiger partial charge in [0.25, 0.3) is 0 Å². The third kappa shape index (κ3) is 46.8. The molecule has 0 radical (unpaired) electrons. The molecule has 0 aliphatic rings. The van der Waals surface area contributed by atoms with Crippen molar-refractivity contribution < 1.29 is 42.9 Å². The van der Waals surface area contributed by atoms with E-state index in [0.29, 0.717) is 17.4 Å². The molecule has 9 nitrogen and oxygen atoms in total. The van der Waals surface area contributed by atoms with Gasteiger partial charge in [-0.25, -0.2) is 0 Å². The van der Waals surface area contributed by atoms with Crippen molar-refractivity contribution in [2.45, 2.75) is 219 Å². The van der Waals surface area contributed by atoms with Gasteiger partial charge in [-0.1, -0.05) is 177 Å². The summed E-state index contributed by atoms with van der Waals surface area (Å²) in [6.45, 7) is 4.58. The number of quaternary nitrogens is 1. The lowest BCUT2D eigenvalue weighted by Gasteiger charge is -2.26. The summed E-state index contributed by atoms with van der Waals surface area (Å²) in [6, 6.07) is 0. The third-order valence-corrected chi connectivity index (χ3v) is 10.7. The number of esters is 2. The zero-order chi connectivity index (χ0) is 46.3. The van der Waals surface area contributed by atoms with Crippen LogP contribution >= 0.6 is 0 Å². The maximum absolute atomic E-state index is 12.7. The molecule has 9 heteroatoms. The van der Waals surface area contributed by atoms with Gasteiger partial charge >= 0.3 is 11.9 Å². The molecule has 364 valence electrons. The number of allylic oxidation sites excluding steroid dienone is 10. The van der Waals surface area contributed by atoms with Crippen LogP contribution < -0.4 is 5.11 Å². The van der Waals surface area contributed by atoms with E-state index in [1.807, 2.05) is 21.1 Å². The number of carboxylic acids is 1. The Balaban J connectivity index is 4.26. The molecule has 2 atom stereocenters. The third-order valence-electron chi connectivity index (χ3n) is 10.7. The van der Waals surface area contributed by atoms with Crippen LogP contribution in [0.2, 0.25) is 0 Å². The van der Waals surface area contributed by atoms with Gasteiger partial charge in [0.15, 0.2) is 12.4 Å². The van der Waals surface area contributed by atoms with Crippen molar-refractivity contribution in [3.63, 3.8) is 0 Å². The van der Waals surface area contributed by atoms with Gasteiger partial charge < -0.3 is 33.3 Å². The fourth-order valence-corrected chi connectivity index (χ4v) is 6.81. The first-order chi connectivity index (χ1) is 30.6. The second-order valence-corrected chi connectivity index (χ2v) is 18.1. The molecular weight excluding hydrogens is 791 g/mol. The summed E-state index contributed by atoms with van der Waals surface area (Å²) in [6.07, 6.45) is 52.7. The van der Waals surface area contributed by atoms with Crippen LogP contribution in [0, 0.1) is 0 Å². The van der Waals surface area contributed by atoms with Crippen LogP contribution in [0.1, 0.15) is 206 Å². The molecule has 0 saturated carbocycles. The molecule has 0 saturated heterocycles. The van der Waals surface area contributed by atoms with Gasteiger partial charge in [0, 0.05) is 12.8 Å². The van der Waals surface area contributed by atoms with Crippen LogP contribution in [0.5, 0.6) is 0 Å². The van der Waals surface area contributed by atoms with Crippen LogP contribution in [-0.4, -0.2) is 82.3 Å². The maximum atomic E-state index is 12.7. The molecule has 0 rings (SSSR count). The predicted octanol–water partition coefficient (Wildman–Crippen LogP) is 12.8. The fraction of sp³-hybridized carbons (Fsp3) is 0.759. The van der Waals surface area contributed by atoms with Gasteiger partial charge in [-0.2, -0.15) is 0 Å². The number of nitrogens with zero attached hydrogens (tertiary/aromatic N) is 1. The molecule has 0 aromatic heterocycles. The Labute approximate surface area is 386 Å². The summed E-state index contributed by atoms with van der Waals surface area (Å²) in [5.41, 5.74) is 0. The van der Waals surface area contributed by atoms with E-state index in [0.717, 1.165) is 64.2 Å². The molecule has 63 heavy (non-hydrogen) atoms. The lowest BCUT2D eigenvalue weighted by atomic mass is 10.0. The van der Waals surface area contributed by atoms with Crippen LogP contribution in [0.3, 0.4) is 0 Å². The highest BCUT2D eigenvalue weighted by Gasteiger charge is 2.21. The average molecular weight is 886 g/mol. The summed E-state index contributed by atoms with van der Waals surface area (Å²) < 4.78 is 22.6. The lowest BCUT2D eigenvalue weighted by molar-refractivity contribution is -0.870. The normalized spacial score (nSPS) is 13.3. The van der Waals surface area contributed by atoms with Crippen LogP contribution in [0.4, 0.5) is 0 Å². The first kappa shape index (κ1) is 60.0. The molecule has 0 amide bonds. The number of hydrogen-bond acceptors (Lipinski definition) is 8. The summed E-state index contributed by atoms with van der Waals surface area (Å²) in [4.78, 5) is 37.1. The summed E-state index contributed by atoms with van der Waals surface area (Å²) in [5.74, 6) is -2.33. The van der Waals surface area contributed by atoms with Crippen molar-refractivity contribution in [3.05, 3.63) is 60.8 Å². The van der Waals surface area contributed by atoms with E-state index < -0.39 is 24.3 Å². The number of aliphatic carboxylic acids is 1. The van der Waals surface area contributed by atoms with E-state index in [2.05, 4.69) is 74.6 Å². The summed E-state index contributed by atoms with van der Waals surface area (Å²) in [7, 11) is 5.90. The Morgan fingerprint density at radius 1 is 0.492 bits per heavy atom. The first-order valence-electron chi connectivity index (χ1n) is 25.4. The zero-order valence-corrected chi connectivity index (χ0v) is 41.2. The minimum atomic E-state index is -1.63. The number of unbranched alkanes of at least 4 members (excludes halogenated alkanes) is 21. The van der Waals surface area contributed by atoms with Crippen molar-refractivity contribution in [1.82, 2.24) is 0 Å². The van der Waals surface area contributed by atoms with E-state index >= 15 is 0 Å². The number of carbonyl (C=O) groups is 3. The average Bonchev–Trinajstić information content (AvgIpc) is 3.24. The van der Waals surface area contributed by atoms with Crippen molar-refractivity contribution >= 4 is 17.9 Å². The number of likely N-dealkylation sites (N-methyl/N-ethyl adjacent to an activating group) is 1. The molecule has 0 N–H and O–H groups in total. The van der Waals surface area contributed by atoms with Gasteiger partial charge in [-0.3, -0.25) is 9.59 Å². The Bertz CT molecular complexity index is 1220. The van der Waals surface area contributed by atoms with Crippen LogP contribution in [0.15, 0.2) is 60.8 Å². The topological polar surface area (TPSA) is 111 Å². The van der Waals surface area contributed by atoms with E-state index in [9.17, 15) is 19.5 Å². The van der Waals surface area contributed by atoms with Crippen LogP contribution in [0.25, 0.3) is 0 Å². The van der Waals surface area contributed by atoms with E-state index in [1.54, 1.807) is 0 Å². The van der Waals surface area contributed by atoms with E-state index in [1.165, 1.54) is 109 Å². The Morgan fingerprint density at radius 2 is 0.905 bits per heavy atom. The largest absolute Gasteiger partial charge is 0.545 e.